The molecule has 0 spiro atoms. The zero-order valence-electron chi connectivity index (χ0n) is 6.56. The number of nitrogens with zero attached hydrogens (tertiary/aromatic N) is 3. The van der Waals surface area contributed by atoms with Gasteiger partial charge in [0.15, 0.2) is 0 Å². The SMILES string of the molecule is CC(=O)N/N=C(\N)n1ccnc1. The van der Waals surface area contributed by atoms with E-state index < -0.39 is 0 Å². The molecule has 0 unspecified atom stereocenters. The molecule has 1 heterocycles. The first-order chi connectivity index (χ1) is 5.70. The van der Waals surface area contributed by atoms with E-state index in [-0.39, 0.29) is 11.9 Å². The molecule has 1 aromatic heterocycles. The quantitative estimate of drug-likeness (QED) is 0.323. The van der Waals surface area contributed by atoms with Crippen molar-refractivity contribution in [2.24, 2.45) is 10.8 Å². The maximum atomic E-state index is 10.4. The summed E-state index contributed by atoms with van der Waals surface area (Å²) in [4.78, 5) is 14.2. The van der Waals surface area contributed by atoms with E-state index in [1.54, 1.807) is 12.4 Å². The molecule has 64 valence electrons. The minimum atomic E-state index is -0.266. The predicted molar refractivity (Wildman–Crippen MR) is 43.1 cm³/mol. The number of imidazole rings is 1. The molecule has 0 bridgehead atoms. The Hall–Kier alpha value is -1.85. The molecule has 0 saturated carbocycles. The highest BCUT2D eigenvalue weighted by Crippen LogP contribution is 1.81. The molecule has 0 aliphatic carbocycles. The molecular weight excluding hydrogens is 158 g/mol. The highest BCUT2D eigenvalue weighted by atomic mass is 16.2. The predicted octanol–water partition coefficient (Wildman–Crippen LogP) is -0.903. The van der Waals surface area contributed by atoms with E-state index in [4.69, 9.17) is 5.73 Å². The van der Waals surface area contributed by atoms with Crippen LogP contribution >= 0.6 is 0 Å². The van der Waals surface area contributed by atoms with Crippen LogP contribution < -0.4 is 11.2 Å². The minimum absolute atomic E-state index is 0.169. The van der Waals surface area contributed by atoms with Crippen LogP contribution in [0.2, 0.25) is 0 Å². The Morgan fingerprint density at radius 3 is 3.00 bits per heavy atom. The Balaban J connectivity index is 2.65. The molecule has 1 aromatic rings. The molecule has 1 amide bonds. The van der Waals surface area contributed by atoms with Gasteiger partial charge in [-0.1, -0.05) is 0 Å². The molecule has 6 heteroatoms. The van der Waals surface area contributed by atoms with Gasteiger partial charge in [0.05, 0.1) is 0 Å². The van der Waals surface area contributed by atoms with Crippen molar-refractivity contribution in [2.45, 2.75) is 6.92 Å². The number of carbonyl (C=O) groups is 1. The smallest absolute Gasteiger partial charge is 0.237 e. The summed E-state index contributed by atoms with van der Waals surface area (Å²) in [5, 5.41) is 3.58. The van der Waals surface area contributed by atoms with Gasteiger partial charge >= 0.3 is 0 Å². The lowest BCUT2D eigenvalue weighted by molar-refractivity contribution is -0.118. The van der Waals surface area contributed by atoms with Gasteiger partial charge in [0.2, 0.25) is 11.9 Å². The lowest BCUT2D eigenvalue weighted by Gasteiger charge is -1.98. The third-order valence-corrected chi connectivity index (χ3v) is 1.10. The Labute approximate surface area is 69.1 Å². The van der Waals surface area contributed by atoms with Gasteiger partial charge in [0.25, 0.3) is 0 Å². The molecule has 0 aromatic carbocycles. The number of amides is 1. The molecule has 0 atom stereocenters. The van der Waals surface area contributed by atoms with E-state index in [2.05, 4.69) is 15.5 Å². The van der Waals surface area contributed by atoms with Gasteiger partial charge in [-0.2, -0.15) is 0 Å². The van der Waals surface area contributed by atoms with Crippen LogP contribution in [0.4, 0.5) is 0 Å². The normalized spacial score (nSPS) is 11.2. The van der Waals surface area contributed by atoms with Crippen molar-refractivity contribution < 1.29 is 4.79 Å². The van der Waals surface area contributed by atoms with Crippen molar-refractivity contribution in [1.82, 2.24) is 15.0 Å². The van der Waals surface area contributed by atoms with E-state index in [1.165, 1.54) is 17.8 Å². The van der Waals surface area contributed by atoms with Gasteiger partial charge in [-0.15, -0.1) is 5.10 Å². The number of aromatic nitrogens is 2. The van der Waals surface area contributed by atoms with Crippen molar-refractivity contribution in [2.75, 3.05) is 0 Å². The molecule has 3 N–H and O–H groups in total. The van der Waals surface area contributed by atoms with Crippen molar-refractivity contribution in [1.29, 1.82) is 0 Å². The Morgan fingerprint density at radius 1 is 1.75 bits per heavy atom. The molecule has 6 nitrogen and oxygen atoms in total. The monoisotopic (exact) mass is 167 g/mol. The maximum absolute atomic E-state index is 10.4. The minimum Gasteiger partial charge on any atom is -0.368 e. The van der Waals surface area contributed by atoms with Crippen molar-refractivity contribution in [3.05, 3.63) is 18.7 Å². The van der Waals surface area contributed by atoms with E-state index in [9.17, 15) is 4.79 Å². The fraction of sp³-hybridized carbons (Fsp3) is 0.167. The zero-order chi connectivity index (χ0) is 8.97. The molecular formula is C6H9N5O. The van der Waals surface area contributed by atoms with Crippen LogP contribution in [-0.4, -0.2) is 21.4 Å². The van der Waals surface area contributed by atoms with Crippen LogP contribution in [0.1, 0.15) is 6.92 Å². The van der Waals surface area contributed by atoms with Crippen molar-refractivity contribution >= 4 is 11.9 Å². The maximum Gasteiger partial charge on any atom is 0.237 e. The summed E-state index contributed by atoms with van der Waals surface area (Å²) in [7, 11) is 0. The second-order valence-electron chi connectivity index (χ2n) is 2.11. The average molecular weight is 167 g/mol. The Morgan fingerprint density at radius 2 is 2.50 bits per heavy atom. The first-order valence-electron chi connectivity index (χ1n) is 3.28. The summed E-state index contributed by atoms with van der Waals surface area (Å²) in [6, 6.07) is 0. The third-order valence-electron chi connectivity index (χ3n) is 1.10. The van der Waals surface area contributed by atoms with Gasteiger partial charge in [0.1, 0.15) is 6.33 Å². The molecule has 0 aliphatic heterocycles. The van der Waals surface area contributed by atoms with Crippen LogP contribution in [0.25, 0.3) is 0 Å². The second-order valence-corrected chi connectivity index (χ2v) is 2.11. The first-order valence-corrected chi connectivity index (χ1v) is 3.28. The molecule has 12 heavy (non-hydrogen) atoms. The Bertz CT molecular complexity index is 289. The van der Waals surface area contributed by atoms with Gasteiger partial charge in [-0.25, -0.2) is 10.4 Å². The molecule has 0 aliphatic rings. The molecule has 0 saturated heterocycles. The van der Waals surface area contributed by atoms with Crippen LogP contribution in [-0.2, 0) is 4.79 Å². The second kappa shape index (κ2) is 3.51. The number of hydrazone groups is 1. The summed E-state index contributed by atoms with van der Waals surface area (Å²) in [6.07, 6.45) is 4.68. The van der Waals surface area contributed by atoms with E-state index in [0.29, 0.717) is 0 Å². The Kier molecular flexibility index (Phi) is 2.42. The number of carbonyl (C=O) groups excluding carboxylic acids is 1. The zero-order valence-corrected chi connectivity index (χ0v) is 6.56. The number of nitrogens with one attached hydrogen (secondary N) is 1. The van der Waals surface area contributed by atoms with E-state index in [1.807, 2.05) is 0 Å². The molecule has 0 radical (unpaired) electrons. The van der Waals surface area contributed by atoms with Crippen LogP contribution in [0, 0.1) is 0 Å². The van der Waals surface area contributed by atoms with Crippen LogP contribution in [0.3, 0.4) is 0 Å². The van der Waals surface area contributed by atoms with Gasteiger partial charge < -0.3 is 5.73 Å². The van der Waals surface area contributed by atoms with E-state index in [0.717, 1.165) is 0 Å². The van der Waals surface area contributed by atoms with Crippen molar-refractivity contribution in [3.8, 4) is 0 Å². The fourth-order valence-electron chi connectivity index (χ4n) is 0.588. The summed E-state index contributed by atoms with van der Waals surface area (Å²) in [5.74, 6) is -0.0965. The summed E-state index contributed by atoms with van der Waals surface area (Å²) in [6.45, 7) is 1.35. The number of hydrogen-bond donors (Lipinski definition) is 2. The van der Waals surface area contributed by atoms with Gasteiger partial charge in [0, 0.05) is 19.3 Å². The number of nitrogens with two attached hydrogens (primary N) is 1. The largest absolute Gasteiger partial charge is 0.368 e. The fourth-order valence-corrected chi connectivity index (χ4v) is 0.588. The molecule has 0 fully saturated rings. The third kappa shape index (κ3) is 2.08. The molecule has 1 rings (SSSR count). The topological polar surface area (TPSA) is 85.3 Å². The van der Waals surface area contributed by atoms with E-state index >= 15 is 0 Å². The lowest BCUT2D eigenvalue weighted by Crippen LogP contribution is -2.26. The lowest BCUT2D eigenvalue weighted by atomic mass is 10.8. The highest BCUT2D eigenvalue weighted by Gasteiger charge is 1.94. The summed E-state index contributed by atoms with van der Waals surface area (Å²) in [5.41, 5.74) is 7.65. The van der Waals surface area contributed by atoms with Crippen LogP contribution in [0.15, 0.2) is 23.8 Å². The average Bonchev–Trinajstić information content (AvgIpc) is 2.51. The van der Waals surface area contributed by atoms with Gasteiger partial charge in [-0.3, -0.25) is 9.36 Å². The summed E-state index contributed by atoms with van der Waals surface area (Å²) < 4.78 is 1.48. The first kappa shape index (κ1) is 8.25. The highest BCUT2D eigenvalue weighted by molar-refractivity contribution is 5.82. The standard InChI is InChI=1S/C6H9N5O/c1-5(12)9-10-6(7)11-3-2-8-4-11/h2-4H,1H3,(H2,7,10)(H,9,12). The number of rotatable bonds is 1. The number of hydrogen-bond acceptors (Lipinski definition) is 3. The summed E-state index contributed by atoms with van der Waals surface area (Å²) >= 11 is 0. The van der Waals surface area contributed by atoms with Crippen LogP contribution in [0.5, 0.6) is 0 Å². The van der Waals surface area contributed by atoms with Crippen molar-refractivity contribution in [3.63, 3.8) is 0 Å². The van der Waals surface area contributed by atoms with Gasteiger partial charge in [-0.05, 0) is 0 Å².